The van der Waals surface area contributed by atoms with Crippen LogP contribution in [0.25, 0.3) is 0 Å². The van der Waals surface area contributed by atoms with Crippen molar-refractivity contribution in [1.29, 1.82) is 0 Å². The van der Waals surface area contributed by atoms with Crippen LogP contribution in [0.15, 0.2) is 0 Å². The molecule has 0 spiro atoms. The number of anilines is 2. The lowest BCUT2D eigenvalue weighted by Gasteiger charge is -2.07. The van der Waals surface area contributed by atoms with E-state index >= 15 is 0 Å². The van der Waals surface area contributed by atoms with Crippen molar-refractivity contribution >= 4 is 40.5 Å². The highest BCUT2D eigenvalue weighted by Gasteiger charge is 2.04. The third-order valence-corrected chi connectivity index (χ3v) is 2.87. The average molecular weight is 305 g/mol. The summed E-state index contributed by atoms with van der Waals surface area (Å²) in [5.41, 5.74) is 0. The summed E-state index contributed by atoms with van der Waals surface area (Å²) in [5.74, 6) is 1.44. The van der Waals surface area contributed by atoms with Crippen LogP contribution in [0.4, 0.5) is 16.7 Å². The van der Waals surface area contributed by atoms with Crippen molar-refractivity contribution in [3.63, 3.8) is 0 Å². The molecular weight excluding hydrogens is 288 g/mol. The van der Waals surface area contributed by atoms with Gasteiger partial charge in [0, 0.05) is 25.4 Å². The molecule has 0 atom stereocenters. The molecule has 106 valence electrons. The standard InChI is InChI=1S/C10H17ClN6OS/c1-3-12-8-15-7(11)16-9(17-8)14-5-6-19-10(18)13-4-2/h3-6H2,1-2H3,(H,13,18)(H2,12,14,15,16,17). The molecule has 0 bridgehead atoms. The first-order valence-electron chi connectivity index (χ1n) is 5.95. The number of rotatable bonds is 7. The number of hydrogen-bond acceptors (Lipinski definition) is 7. The molecule has 19 heavy (non-hydrogen) atoms. The minimum absolute atomic E-state index is 0.0358. The van der Waals surface area contributed by atoms with E-state index in [0.29, 0.717) is 37.3 Å². The molecule has 0 aliphatic rings. The van der Waals surface area contributed by atoms with E-state index in [1.807, 2.05) is 13.8 Å². The molecule has 0 saturated carbocycles. The van der Waals surface area contributed by atoms with Gasteiger partial charge in [0.05, 0.1) is 0 Å². The molecule has 1 amide bonds. The van der Waals surface area contributed by atoms with Crippen molar-refractivity contribution in [2.75, 3.05) is 36.0 Å². The predicted octanol–water partition coefficient (Wildman–Crippen LogP) is 1.83. The van der Waals surface area contributed by atoms with Gasteiger partial charge >= 0.3 is 0 Å². The average Bonchev–Trinajstić information content (AvgIpc) is 2.35. The molecule has 1 heterocycles. The van der Waals surface area contributed by atoms with Gasteiger partial charge in [0.2, 0.25) is 17.2 Å². The maximum Gasteiger partial charge on any atom is 0.279 e. The fraction of sp³-hybridized carbons (Fsp3) is 0.600. The van der Waals surface area contributed by atoms with E-state index < -0.39 is 0 Å². The summed E-state index contributed by atoms with van der Waals surface area (Å²) in [5, 5.41) is 8.75. The Hall–Kier alpha value is -1.28. The van der Waals surface area contributed by atoms with E-state index in [1.54, 1.807) is 0 Å². The van der Waals surface area contributed by atoms with Crippen molar-refractivity contribution in [2.45, 2.75) is 13.8 Å². The summed E-state index contributed by atoms with van der Waals surface area (Å²) in [6, 6.07) is 0. The lowest BCUT2D eigenvalue weighted by Crippen LogP contribution is -2.19. The minimum Gasteiger partial charge on any atom is -0.354 e. The normalized spacial score (nSPS) is 10.1. The van der Waals surface area contributed by atoms with E-state index in [4.69, 9.17) is 11.6 Å². The monoisotopic (exact) mass is 304 g/mol. The van der Waals surface area contributed by atoms with Crippen LogP contribution in [0.5, 0.6) is 0 Å². The number of halogens is 1. The molecule has 1 aromatic heterocycles. The largest absolute Gasteiger partial charge is 0.354 e. The molecule has 0 aliphatic carbocycles. The fourth-order valence-electron chi connectivity index (χ4n) is 1.17. The Bertz CT molecular complexity index is 419. The molecule has 3 N–H and O–H groups in total. The third-order valence-electron chi connectivity index (χ3n) is 1.88. The van der Waals surface area contributed by atoms with E-state index in [2.05, 4.69) is 30.9 Å². The highest BCUT2D eigenvalue weighted by Crippen LogP contribution is 2.09. The molecule has 0 radical (unpaired) electrons. The highest BCUT2D eigenvalue weighted by atomic mass is 35.5. The second-order valence-corrected chi connectivity index (χ2v) is 4.78. The van der Waals surface area contributed by atoms with Crippen LogP contribution >= 0.6 is 23.4 Å². The second-order valence-electron chi connectivity index (χ2n) is 3.38. The molecule has 0 unspecified atom stereocenters. The quantitative estimate of drug-likeness (QED) is 0.662. The van der Waals surface area contributed by atoms with Crippen LogP contribution in [0, 0.1) is 0 Å². The number of nitrogens with zero attached hydrogens (tertiary/aromatic N) is 3. The number of amides is 1. The van der Waals surface area contributed by atoms with E-state index in [0.717, 1.165) is 0 Å². The Kier molecular flexibility index (Phi) is 7.27. The van der Waals surface area contributed by atoms with Crippen LogP contribution in [-0.4, -0.2) is 45.6 Å². The van der Waals surface area contributed by atoms with Crippen LogP contribution in [0.2, 0.25) is 5.28 Å². The molecule has 9 heteroatoms. The van der Waals surface area contributed by atoms with Gasteiger partial charge in [-0.15, -0.1) is 0 Å². The molecule has 0 saturated heterocycles. The molecule has 7 nitrogen and oxygen atoms in total. The summed E-state index contributed by atoms with van der Waals surface area (Å²) in [4.78, 5) is 23.2. The summed E-state index contributed by atoms with van der Waals surface area (Å²) in [6.07, 6.45) is 0. The second kappa shape index (κ2) is 8.76. The van der Waals surface area contributed by atoms with Gasteiger partial charge in [0.15, 0.2) is 0 Å². The van der Waals surface area contributed by atoms with E-state index in [9.17, 15) is 4.79 Å². The van der Waals surface area contributed by atoms with Gasteiger partial charge in [-0.25, -0.2) is 0 Å². The zero-order valence-corrected chi connectivity index (χ0v) is 12.4. The van der Waals surface area contributed by atoms with Gasteiger partial charge in [-0.05, 0) is 25.4 Å². The zero-order valence-electron chi connectivity index (χ0n) is 10.9. The number of hydrogen-bond donors (Lipinski definition) is 3. The number of thioether (sulfide) groups is 1. The maximum absolute atomic E-state index is 11.2. The fourth-order valence-corrected chi connectivity index (χ4v) is 1.96. The van der Waals surface area contributed by atoms with Crippen LogP contribution in [-0.2, 0) is 0 Å². The summed E-state index contributed by atoms with van der Waals surface area (Å²) < 4.78 is 0. The van der Waals surface area contributed by atoms with Gasteiger partial charge < -0.3 is 16.0 Å². The van der Waals surface area contributed by atoms with Crippen LogP contribution in [0.3, 0.4) is 0 Å². The van der Waals surface area contributed by atoms with Crippen molar-refractivity contribution < 1.29 is 4.79 Å². The van der Waals surface area contributed by atoms with E-state index in [1.165, 1.54) is 11.8 Å². The smallest absolute Gasteiger partial charge is 0.279 e. The van der Waals surface area contributed by atoms with Gasteiger partial charge in [-0.1, -0.05) is 11.8 Å². The molecule has 1 aromatic rings. The summed E-state index contributed by atoms with van der Waals surface area (Å²) >= 11 is 6.99. The van der Waals surface area contributed by atoms with Gasteiger partial charge in [-0.2, -0.15) is 15.0 Å². The van der Waals surface area contributed by atoms with Crippen molar-refractivity contribution in [1.82, 2.24) is 20.3 Å². The first-order valence-corrected chi connectivity index (χ1v) is 7.32. The van der Waals surface area contributed by atoms with Gasteiger partial charge in [0.25, 0.3) is 5.24 Å². The Morgan fingerprint density at radius 1 is 1.16 bits per heavy atom. The zero-order chi connectivity index (χ0) is 14.1. The van der Waals surface area contributed by atoms with Crippen molar-refractivity contribution in [3.8, 4) is 0 Å². The maximum atomic E-state index is 11.2. The number of carbonyl (C=O) groups is 1. The molecule has 0 aromatic carbocycles. The molecule has 1 rings (SSSR count). The predicted molar refractivity (Wildman–Crippen MR) is 79.0 cm³/mol. The lowest BCUT2D eigenvalue weighted by molar-refractivity contribution is 0.261. The number of aromatic nitrogens is 3. The van der Waals surface area contributed by atoms with Crippen molar-refractivity contribution in [3.05, 3.63) is 5.28 Å². The van der Waals surface area contributed by atoms with Crippen LogP contribution < -0.4 is 16.0 Å². The third kappa shape index (κ3) is 6.44. The first-order chi connectivity index (χ1) is 9.15. The molecular formula is C10H17ClN6OS. The molecule has 0 fully saturated rings. The van der Waals surface area contributed by atoms with Gasteiger partial charge in [-0.3, -0.25) is 4.79 Å². The van der Waals surface area contributed by atoms with E-state index in [-0.39, 0.29) is 10.5 Å². The van der Waals surface area contributed by atoms with Crippen LogP contribution in [0.1, 0.15) is 13.8 Å². The lowest BCUT2D eigenvalue weighted by atomic mass is 10.7. The number of carbonyl (C=O) groups excluding carboxylic acids is 1. The van der Waals surface area contributed by atoms with Crippen molar-refractivity contribution in [2.24, 2.45) is 0 Å². The number of nitrogens with one attached hydrogen (secondary N) is 3. The minimum atomic E-state index is -0.0358. The Morgan fingerprint density at radius 3 is 2.47 bits per heavy atom. The highest BCUT2D eigenvalue weighted by molar-refractivity contribution is 8.13. The van der Waals surface area contributed by atoms with Gasteiger partial charge in [0.1, 0.15) is 0 Å². The molecule has 0 aliphatic heterocycles. The Morgan fingerprint density at radius 2 is 1.84 bits per heavy atom. The topological polar surface area (TPSA) is 91.8 Å². The first kappa shape index (κ1) is 15.8. The Labute approximate surface area is 121 Å². The SMILES string of the molecule is CCNC(=O)SCCNc1nc(Cl)nc(NCC)n1. The summed E-state index contributed by atoms with van der Waals surface area (Å²) in [6.45, 7) is 5.72. The summed E-state index contributed by atoms with van der Waals surface area (Å²) in [7, 11) is 0. The Balaban J connectivity index is 2.38.